The fourth-order valence-corrected chi connectivity index (χ4v) is 1.90. The molecule has 0 spiro atoms. The van der Waals surface area contributed by atoms with Crippen molar-refractivity contribution in [2.45, 2.75) is 17.4 Å². The highest BCUT2D eigenvalue weighted by atomic mass is 16.7. The molecule has 0 radical (unpaired) electrons. The minimum Gasteiger partial charge on any atom is -0.397 e. The van der Waals surface area contributed by atoms with E-state index in [2.05, 4.69) is 10.6 Å². The molecule has 0 aromatic carbocycles. The van der Waals surface area contributed by atoms with Gasteiger partial charge in [-0.2, -0.15) is 0 Å². The zero-order chi connectivity index (χ0) is 13.3. The van der Waals surface area contributed by atoms with Gasteiger partial charge in [0.1, 0.15) is 5.66 Å². The summed E-state index contributed by atoms with van der Waals surface area (Å²) in [5.74, 6) is -2.62. The zero-order valence-electron chi connectivity index (χ0n) is 10.5. The Morgan fingerprint density at radius 2 is 1.71 bits per heavy atom. The lowest BCUT2D eigenvalue weighted by Crippen LogP contribution is -2.84. The van der Waals surface area contributed by atoms with Crippen LogP contribution >= 0.6 is 0 Å². The minimum atomic E-state index is -1.37. The fourth-order valence-electron chi connectivity index (χ4n) is 1.90. The third kappa shape index (κ3) is 1.93. The van der Waals surface area contributed by atoms with Gasteiger partial charge >= 0.3 is 0 Å². The van der Waals surface area contributed by atoms with Gasteiger partial charge < -0.3 is 31.4 Å². The summed E-state index contributed by atoms with van der Waals surface area (Å²) in [6, 6.07) is 0. The highest BCUT2D eigenvalue weighted by Gasteiger charge is 2.56. The number of methoxy groups -OCH3 is 3. The van der Waals surface area contributed by atoms with E-state index in [0.717, 1.165) is 0 Å². The summed E-state index contributed by atoms with van der Waals surface area (Å²) in [6.07, 6.45) is 1.43. The molecule has 0 aromatic rings. The molecule has 0 fully saturated rings. The monoisotopic (exact) mass is 247 g/mol. The zero-order valence-corrected chi connectivity index (χ0v) is 10.5. The van der Waals surface area contributed by atoms with Gasteiger partial charge in [-0.05, 0) is 13.1 Å². The Morgan fingerprint density at radius 1 is 1.18 bits per heavy atom. The van der Waals surface area contributed by atoms with Gasteiger partial charge in [-0.25, -0.2) is 5.32 Å². The van der Waals surface area contributed by atoms with Gasteiger partial charge in [0, 0.05) is 21.3 Å². The molecule has 1 aliphatic heterocycles. The molecule has 1 atom stereocenters. The molecule has 1 heterocycles. The lowest BCUT2D eigenvalue weighted by atomic mass is 9.97. The van der Waals surface area contributed by atoms with E-state index in [9.17, 15) is 0 Å². The van der Waals surface area contributed by atoms with Crippen LogP contribution < -0.4 is 27.8 Å². The van der Waals surface area contributed by atoms with Crippen molar-refractivity contribution in [3.63, 3.8) is 0 Å². The van der Waals surface area contributed by atoms with E-state index >= 15 is 0 Å². The van der Waals surface area contributed by atoms with Crippen LogP contribution in [0.1, 0.15) is 0 Å². The summed E-state index contributed by atoms with van der Waals surface area (Å²) in [6.45, 7) is 0. The van der Waals surface area contributed by atoms with Crippen molar-refractivity contribution in [2.75, 3.05) is 28.4 Å². The molecule has 1 rings (SSSR count). The average Bonchev–Trinajstić information content (AvgIpc) is 2.30. The molecule has 1 unspecified atom stereocenters. The summed E-state index contributed by atoms with van der Waals surface area (Å²) in [5.41, 5.74) is 16.6. The van der Waals surface area contributed by atoms with Crippen molar-refractivity contribution in [3.8, 4) is 0 Å². The van der Waals surface area contributed by atoms with Crippen LogP contribution in [0.5, 0.6) is 0 Å². The van der Waals surface area contributed by atoms with Gasteiger partial charge in [-0.15, -0.1) is 0 Å². The molecule has 0 aliphatic carbocycles. The molecule has 8 nitrogen and oxygen atoms in total. The van der Waals surface area contributed by atoms with E-state index in [4.69, 9.17) is 31.4 Å². The van der Waals surface area contributed by atoms with E-state index in [1.807, 2.05) is 0 Å². The average molecular weight is 247 g/mol. The summed E-state index contributed by atoms with van der Waals surface area (Å²) < 4.78 is 15.8. The van der Waals surface area contributed by atoms with Crippen molar-refractivity contribution < 1.29 is 14.2 Å². The summed E-state index contributed by atoms with van der Waals surface area (Å²) in [5, 5.41) is 5.76. The van der Waals surface area contributed by atoms with Gasteiger partial charge in [-0.1, -0.05) is 0 Å². The van der Waals surface area contributed by atoms with Gasteiger partial charge in [0.05, 0.1) is 5.70 Å². The van der Waals surface area contributed by atoms with E-state index < -0.39 is 17.4 Å². The van der Waals surface area contributed by atoms with Crippen molar-refractivity contribution in [3.05, 3.63) is 11.8 Å². The van der Waals surface area contributed by atoms with E-state index in [-0.39, 0.29) is 5.70 Å². The topological polar surface area (TPSA) is 130 Å². The van der Waals surface area contributed by atoms with Crippen LogP contribution in [0.3, 0.4) is 0 Å². The highest BCUT2D eigenvalue weighted by Crippen LogP contribution is 2.29. The first kappa shape index (κ1) is 14.3. The largest absolute Gasteiger partial charge is 0.397 e. The summed E-state index contributed by atoms with van der Waals surface area (Å²) in [4.78, 5) is 0. The molecular formula is C9H21N5O3. The highest BCUT2D eigenvalue weighted by molar-refractivity contribution is 5.26. The van der Waals surface area contributed by atoms with E-state index in [0.29, 0.717) is 0 Å². The molecule has 8 heteroatoms. The lowest BCUT2D eigenvalue weighted by molar-refractivity contribution is -0.264. The van der Waals surface area contributed by atoms with Crippen molar-refractivity contribution in [2.24, 2.45) is 17.2 Å². The quantitative estimate of drug-likeness (QED) is 0.345. The smallest absolute Gasteiger partial charge is 0.273 e. The second-order valence-corrected chi connectivity index (χ2v) is 3.82. The Kier molecular flexibility index (Phi) is 3.79. The molecule has 0 bridgehead atoms. The molecule has 100 valence electrons. The standard InChI is InChI=1S/C9H21N5O3/c1-13-9(17-4)7(11,12)5-6(10)8(14-9,15-2)16-3/h5,13-14H,10-12H2,1-4H3. The number of hydrogen-bond acceptors (Lipinski definition) is 8. The number of rotatable bonds is 4. The lowest BCUT2D eigenvalue weighted by Gasteiger charge is -2.51. The number of likely N-dealkylation sites (N-methyl/N-ethyl adjacent to an activating group) is 1. The van der Waals surface area contributed by atoms with Crippen molar-refractivity contribution in [1.82, 2.24) is 10.6 Å². The third-order valence-corrected chi connectivity index (χ3v) is 2.96. The van der Waals surface area contributed by atoms with E-state index in [1.165, 1.54) is 27.4 Å². The Hall–Kier alpha value is -0.740. The number of nitrogens with one attached hydrogen (secondary N) is 2. The predicted molar refractivity (Wildman–Crippen MR) is 62.1 cm³/mol. The van der Waals surface area contributed by atoms with Crippen LogP contribution in [0, 0.1) is 0 Å². The normalized spacial score (nSPS) is 31.1. The SMILES string of the molecule is CNC1(OC)NC(OC)(OC)C(N)=CC1(N)N. The van der Waals surface area contributed by atoms with Gasteiger partial charge in [0.2, 0.25) is 5.85 Å². The maximum atomic E-state index is 5.96. The Labute approximate surface area is 100 Å². The predicted octanol–water partition coefficient (Wildman–Crippen LogP) is -2.49. The molecule has 0 saturated carbocycles. The second kappa shape index (κ2) is 4.50. The summed E-state index contributed by atoms with van der Waals surface area (Å²) >= 11 is 0. The van der Waals surface area contributed by atoms with Gasteiger partial charge in [0.25, 0.3) is 5.91 Å². The maximum Gasteiger partial charge on any atom is 0.273 e. The van der Waals surface area contributed by atoms with Gasteiger partial charge in [-0.3, -0.25) is 5.32 Å². The Morgan fingerprint density at radius 3 is 2.06 bits per heavy atom. The first-order chi connectivity index (χ1) is 7.83. The Balaban J connectivity index is 3.31. The molecular weight excluding hydrogens is 226 g/mol. The fraction of sp³-hybridized carbons (Fsp3) is 0.778. The molecule has 1 aliphatic rings. The van der Waals surface area contributed by atoms with Crippen LogP contribution in [0.4, 0.5) is 0 Å². The minimum absolute atomic E-state index is 0.218. The third-order valence-electron chi connectivity index (χ3n) is 2.96. The molecule has 0 amide bonds. The molecule has 0 aromatic heterocycles. The van der Waals surface area contributed by atoms with Gasteiger partial charge in [0.15, 0.2) is 0 Å². The van der Waals surface area contributed by atoms with Crippen LogP contribution in [-0.4, -0.2) is 45.8 Å². The van der Waals surface area contributed by atoms with Crippen LogP contribution in [-0.2, 0) is 14.2 Å². The van der Waals surface area contributed by atoms with Crippen LogP contribution in [0.2, 0.25) is 0 Å². The number of nitrogens with two attached hydrogens (primary N) is 3. The molecule has 17 heavy (non-hydrogen) atoms. The molecule has 8 N–H and O–H groups in total. The second-order valence-electron chi connectivity index (χ2n) is 3.82. The van der Waals surface area contributed by atoms with Crippen molar-refractivity contribution >= 4 is 0 Å². The number of ether oxygens (including phenoxy) is 3. The molecule has 0 saturated heterocycles. The van der Waals surface area contributed by atoms with Crippen molar-refractivity contribution in [1.29, 1.82) is 0 Å². The first-order valence-electron chi connectivity index (χ1n) is 5.03. The van der Waals surface area contributed by atoms with Crippen LogP contribution in [0.15, 0.2) is 11.8 Å². The maximum absolute atomic E-state index is 5.96. The van der Waals surface area contributed by atoms with E-state index in [1.54, 1.807) is 7.05 Å². The van der Waals surface area contributed by atoms with Crippen LogP contribution in [0.25, 0.3) is 0 Å². The number of hydrogen-bond donors (Lipinski definition) is 5. The summed E-state index contributed by atoms with van der Waals surface area (Å²) in [7, 11) is 5.96. The first-order valence-corrected chi connectivity index (χ1v) is 5.03. The Bertz CT molecular complexity index is 310.